The lowest BCUT2D eigenvalue weighted by atomic mass is 10.1. The van der Waals surface area contributed by atoms with Gasteiger partial charge in [0.15, 0.2) is 6.10 Å². The van der Waals surface area contributed by atoms with Crippen LogP contribution in [0.15, 0.2) is 22.7 Å². The van der Waals surface area contributed by atoms with Crippen LogP contribution < -0.4 is 10.1 Å². The first kappa shape index (κ1) is 15.3. The first-order chi connectivity index (χ1) is 9.52. The summed E-state index contributed by atoms with van der Waals surface area (Å²) in [6.07, 6.45) is 0.388. The molecule has 20 heavy (non-hydrogen) atoms. The van der Waals surface area contributed by atoms with Crippen molar-refractivity contribution >= 4 is 21.8 Å². The quantitative estimate of drug-likeness (QED) is 0.895. The summed E-state index contributed by atoms with van der Waals surface area (Å²) in [5.41, 5.74) is 1.08. The number of halogens is 1. The summed E-state index contributed by atoms with van der Waals surface area (Å²) >= 11 is 3.47. The largest absolute Gasteiger partial charge is 0.480 e. The van der Waals surface area contributed by atoms with Crippen LogP contribution in [0.5, 0.6) is 5.75 Å². The average Bonchev–Trinajstić information content (AvgIpc) is 2.71. The molecule has 1 heterocycles. The maximum atomic E-state index is 12.0. The number of carbonyl (C=O) groups excluding carboxylic acids is 1. The van der Waals surface area contributed by atoms with Gasteiger partial charge in [-0.05, 0) is 25.6 Å². The molecule has 0 aromatic heterocycles. The van der Waals surface area contributed by atoms with E-state index in [0.717, 1.165) is 35.3 Å². The van der Waals surface area contributed by atoms with Crippen molar-refractivity contribution in [2.24, 2.45) is 0 Å². The molecule has 110 valence electrons. The van der Waals surface area contributed by atoms with Gasteiger partial charge in [0, 0.05) is 36.1 Å². The molecule has 1 N–H and O–H groups in total. The second-order valence-corrected chi connectivity index (χ2v) is 6.03. The van der Waals surface area contributed by atoms with E-state index in [4.69, 9.17) is 4.74 Å². The van der Waals surface area contributed by atoms with Crippen LogP contribution in [0, 0.1) is 0 Å². The highest BCUT2D eigenvalue weighted by atomic mass is 79.9. The van der Waals surface area contributed by atoms with Crippen molar-refractivity contribution in [1.29, 1.82) is 0 Å². The zero-order chi connectivity index (χ0) is 14.7. The van der Waals surface area contributed by atoms with Crippen LogP contribution in [0.2, 0.25) is 0 Å². The van der Waals surface area contributed by atoms with E-state index in [1.54, 1.807) is 4.90 Å². The Kier molecular flexibility index (Phi) is 5.05. The Labute approximate surface area is 128 Å². The van der Waals surface area contributed by atoms with Crippen LogP contribution in [0.3, 0.4) is 0 Å². The highest BCUT2D eigenvalue weighted by Gasteiger charge is 2.31. The Hall–Kier alpha value is -1.07. The number of amides is 1. The number of hydrogen-bond donors (Lipinski definition) is 1. The minimum Gasteiger partial charge on any atom is -0.480 e. The highest BCUT2D eigenvalue weighted by Crippen LogP contribution is 2.30. The van der Waals surface area contributed by atoms with Gasteiger partial charge in [0.2, 0.25) is 0 Å². The first-order valence-corrected chi connectivity index (χ1v) is 7.76. The molecule has 4 nitrogen and oxygen atoms in total. The third kappa shape index (κ3) is 3.33. The van der Waals surface area contributed by atoms with E-state index >= 15 is 0 Å². The topological polar surface area (TPSA) is 41.6 Å². The molecule has 0 spiro atoms. The van der Waals surface area contributed by atoms with E-state index in [2.05, 4.69) is 35.1 Å². The fraction of sp³-hybridized carbons (Fsp3) is 0.533. The van der Waals surface area contributed by atoms with Gasteiger partial charge in [0.25, 0.3) is 5.91 Å². The van der Waals surface area contributed by atoms with Gasteiger partial charge in [0.05, 0.1) is 0 Å². The van der Waals surface area contributed by atoms with Gasteiger partial charge < -0.3 is 15.0 Å². The predicted molar refractivity (Wildman–Crippen MR) is 82.9 cm³/mol. The maximum Gasteiger partial charge on any atom is 0.263 e. The second-order valence-electron chi connectivity index (χ2n) is 5.12. The number of likely N-dealkylation sites (N-methyl/N-ethyl adjacent to an activating group) is 1. The van der Waals surface area contributed by atoms with Gasteiger partial charge in [0.1, 0.15) is 5.75 Å². The monoisotopic (exact) mass is 340 g/mol. The van der Waals surface area contributed by atoms with Crippen molar-refractivity contribution in [2.45, 2.75) is 32.4 Å². The van der Waals surface area contributed by atoms with Gasteiger partial charge >= 0.3 is 0 Å². The average molecular weight is 341 g/mol. The summed E-state index contributed by atoms with van der Waals surface area (Å²) in [5.74, 6) is 0.841. The molecule has 1 amide bonds. The first-order valence-electron chi connectivity index (χ1n) is 6.97. The summed E-state index contributed by atoms with van der Waals surface area (Å²) in [6, 6.07) is 6.17. The molecular weight excluding hydrogens is 320 g/mol. The van der Waals surface area contributed by atoms with Gasteiger partial charge in [-0.25, -0.2) is 0 Å². The molecule has 2 atom stereocenters. The number of nitrogens with one attached hydrogen (secondary N) is 1. The van der Waals surface area contributed by atoms with E-state index in [-0.39, 0.29) is 18.1 Å². The van der Waals surface area contributed by atoms with Crippen molar-refractivity contribution in [3.8, 4) is 5.75 Å². The van der Waals surface area contributed by atoms with Crippen LogP contribution in [-0.4, -0.2) is 37.0 Å². The fourth-order valence-electron chi connectivity index (χ4n) is 2.44. The van der Waals surface area contributed by atoms with Crippen molar-refractivity contribution in [3.63, 3.8) is 0 Å². The van der Waals surface area contributed by atoms with Gasteiger partial charge in [-0.15, -0.1) is 0 Å². The number of benzene rings is 1. The van der Waals surface area contributed by atoms with Crippen molar-refractivity contribution < 1.29 is 9.53 Å². The van der Waals surface area contributed by atoms with Gasteiger partial charge in [-0.3, -0.25) is 4.79 Å². The fourth-order valence-corrected chi connectivity index (χ4v) is 2.78. The minimum absolute atomic E-state index is 0.0621. The van der Waals surface area contributed by atoms with Gasteiger partial charge in [-0.2, -0.15) is 0 Å². The molecule has 1 aromatic rings. The van der Waals surface area contributed by atoms with Crippen molar-refractivity contribution in [1.82, 2.24) is 10.2 Å². The Balaban J connectivity index is 2.21. The molecule has 0 saturated carbocycles. The summed E-state index contributed by atoms with van der Waals surface area (Å²) < 4.78 is 6.93. The SMILES string of the molecule is CCNC(C)c1ccc(Br)cc1OC1CCN(C)C1=O. The summed E-state index contributed by atoms with van der Waals surface area (Å²) in [6.45, 7) is 5.82. The van der Waals surface area contributed by atoms with Crippen LogP contribution in [0.25, 0.3) is 0 Å². The molecule has 0 radical (unpaired) electrons. The number of ether oxygens (including phenoxy) is 1. The van der Waals surface area contributed by atoms with E-state index in [1.165, 1.54) is 0 Å². The smallest absolute Gasteiger partial charge is 0.263 e. The predicted octanol–water partition coefficient (Wildman–Crippen LogP) is 2.73. The molecule has 2 rings (SSSR count). The zero-order valence-electron chi connectivity index (χ0n) is 12.1. The summed E-state index contributed by atoms with van der Waals surface area (Å²) in [7, 11) is 1.81. The number of nitrogens with zero attached hydrogens (tertiary/aromatic N) is 1. The van der Waals surface area contributed by atoms with Crippen molar-refractivity contribution in [2.75, 3.05) is 20.1 Å². The molecule has 1 saturated heterocycles. The standard InChI is InChI=1S/C15H21BrN2O2/c1-4-17-10(2)12-6-5-11(16)9-14(12)20-13-7-8-18(3)15(13)19/h5-6,9-10,13,17H,4,7-8H2,1-3H3. The van der Waals surface area contributed by atoms with Crippen LogP contribution in [0.4, 0.5) is 0 Å². The molecule has 1 aliphatic heterocycles. The highest BCUT2D eigenvalue weighted by molar-refractivity contribution is 9.10. The van der Waals surface area contributed by atoms with Crippen LogP contribution in [-0.2, 0) is 4.79 Å². The number of likely N-dealkylation sites (tertiary alicyclic amines) is 1. The maximum absolute atomic E-state index is 12.0. The third-order valence-electron chi connectivity index (χ3n) is 3.60. The Morgan fingerprint density at radius 1 is 1.55 bits per heavy atom. The minimum atomic E-state index is -0.359. The molecule has 5 heteroatoms. The number of hydrogen-bond acceptors (Lipinski definition) is 3. The molecule has 2 unspecified atom stereocenters. The van der Waals surface area contributed by atoms with E-state index < -0.39 is 0 Å². The zero-order valence-corrected chi connectivity index (χ0v) is 13.7. The molecule has 1 fully saturated rings. The van der Waals surface area contributed by atoms with E-state index in [9.17, 15) is 4.79 Å². The lowest BCUT2D eigenvalue weighted by Crippen LogP contribution is -2.30. The lowest BCUT2D eigenvalue weighted by Gasteiger charge is -2.20. The van der Waals surface area contributed by atoms with E-state index in [0.29, 0.717) is 0 Å². The van der Waals surface area contributed by atoms with Crippen molar-refractivity contribution in [3.05, 3.63) is 28.2 Å². The number of carbonyl (C=O) groups is 1. The molecule has 1 aromatic carbocycles. The third-order valence-corrected chi connectivity index (χ3v) is 4.09. The van der Waals surface area contributed by atoms with Gasteiger partial charge in [-0.1, -0.05) is 28.9 Å². The molecule has 0 aliphatic carbocycles. The Morgan fingerprint density at radius 2 is 2.30 bits per heavy atom. The van der Waals surface area contributed by atoms with E-state index in [1.807, 2.05) is 25.2 Å². The molecule has 0 bridgehead atoms. The second kappa shape index (κ2) is 6.59. The Bertz CT molecular complexity index is 493. The normalized spacial score (nSPS) is 20.3. The van der Waals surface area contributed by atoms with Crippen LogP contribution >= 0.6 is 15.9 Å². The summed E-state index contributed by atoms with van der Waals surface area (Å²) in [4.78, 5) is 13.7. The Morgan fingerprint density at radius 3 is 2.90 bits per heavy atom. The lowest BCUT2D eigenvalue weighted by molar-refractivity contribution is -0.132. The molecular formula is C15H21BrN2O2. The molecule has 1 aliphatic rings. The van der Waals surface area contributed by atoms with Crippen LogP contribution in [0.1, 0.15) is 31.9 Å². The summed E-state index contributed by atoms with van der Waals surface area (Å²) in [5, 5.41) is 3.38. The number of rotatable bonds is 5.